The zero-order valence-corrected chi connectivity index (χ0v) is 20.6. The predicted molar refractivity (Wildman–Crippen MR) is 145 cm³/mol. The fourth-order valence-corrected chi connectivity index (χ4v) is 4.66. The number of anilines is 2. The third kappa shape index (κ3) is 6.27. The van der Waals surface area contributed by atoms with Crippen molar-refractivity contribution in [1.29, 1.82) is 0 Å². The van der Waals surface area contributed by atoms with Gasteiger partial charge >= 0.3 is 0 Å². The molecule has 1 aliphatic heterocycles. The Morgan fingerprint density at radius 2 is 1.89 bits per heavy atom. The number of carbonyl (C=O) groups excluding carboxylic acids is 1. The highest BCUT2D eigenvalue weighted by Gasteiger charge is 2.16. The Balaban J connectivity index is 0.000000189. The summed E-state index contributed by atoms with van der Waals surface area (Å²) >= 11 is 0. The van der Waals surface area contributed by atoms with Crippen LogP contribution in [0.25, 0.3) is 11.1 Å². The van der Waals surface area contributed by atoms with Gasteiger partial charge in [-0.05, 0) is 78.6 Å². The van der Waals surface area contributed by atoms with E-state index < -0.39 is 0 Å². The van der Waals surface area contributed by atoms with Gasteiger partial charge in [-0.2, -0.15) is 0 Å². The van der Waals surface area contributed by atoms with Crippen LogP contribution in [0.3, 0.4) is 0 Å². The Bertz CT molecular complexity index is 1290. The summed E-state index contributed by atoms with van der Waals surface area (Å²) in [7, 11) is 0. The molecule has 6 heteroatoms. The van der Waals surface area contributed by atoms with Gasteiger partial charge < -0.3 is 26.3 Å². The first-order valence-electron chi connectivity index (χ1n) is 12.2. The molecule has 186 valence electrons. The minimum atomic E-state index is -0.350. The SMILES string of the molecule is Cc1cc(O)cc(N)c1CCC(N)=O.c1ccc(Cc2cc3c(c(-c4ccoc4)c2)NCCC3)cc1. The summed E-state index contributed by atoms with van der Waals surface area (Å²) in [4.78, 5) is 10.6. The molecule has 0 saturated carbocycles. The molecular weight excluding hydrogens is 450 g/mol. The largest absolute Gasteiger partial charge is 0.508 e. The molecular formula is C30H33N3O3. The first kappa shape index (κ1) is 24.9. The third-order valence-electron chi connectivity index (χ3n) is 6.40. The molecule has 0 atom stereocenters. The van der Waals surface area contributed by atoms with Gasteiger partial charge in [-0.25, -0.2) is 0 Å². The molecule has 0 radical (unpaired) electrons. The van der Waals surface area contributed by atoms with Crippen LogP contribution >= 0.6 is 0 Å². The zero-order valence-electron chi connectivity index (χ0n) is 20.6. The molecule has 6 N–H and O–H groups in total. The Kier molecular flexibility index (Phi) is 7.95. The number of hydrogen-bond acceptors (Lipinski definition) is 5. The normalized spacial score (nSPS) is 12.1. The second kappa shape index (κ2) is 11.5. The average Bonchev–Trinajstić information content (AvgIpc) is 3.39. The summed E-state index contributed by atoms with van der Waals surface area (Å²) in [6, 6.07) is 20.4. The van der Waals surface area contributed by atoms with Gasteiger partial charge in [0, 0.05) is 41.5 Å². The van der Waals surface area contributed by atoms with Crippen molar-refractivity contribution >= 4 is 17.3 Å². The quantitative estimate of drug-likeness (QED) is 0.267. The van der Waals surface area contributed by atoms with Gasteiger partial charge in [0.1, 0.15) is 5.75 Å². The molecule has 0 bridgehead atoms. The monoisotopic (exact) mass is 483 g/mol. The van der Waals surface area contributed by atoms with Gasteiger partial charge in [0.15, 0.2) is 0 Å². The Morgan fingerprint density at radius 1 is 1.08 bits per heavy atom. The van der Waals surface area contributed by atoms with Gasteiger partial charge in [-0.3, -0.25) is 4.79 Å². The van der Waals surface area contributed by atoms with E-state index in [-0.39, 0.29) is 18.1 Å². The lowest BCUT2D eigenvalue weighted by molar-refractivity contribution is -0.117. The van der Waals surface area contributed by atoms with Crippen LogP contribution < -0.4 is 16.8 Å². The topological polar surface area (TPSA) is 115 Å². The summed E-state index contributed by atoms with van der Waals surface area (Å²) in [5.41, 5.74) is 20.8. The average molecular weight is 484 g/mol. The molecule has 0 saturated heterocycles. The summed E-state index contributed by atoms with van der Waals surface area (Å²) < 4.78 is 5.29. The highest BCUT2D eigenvalue weighted by Crippen LogP contribution is 2.36. The molecule has 4 aromatic rings. The van der Waals surface area contributed by atoms with E-state index in [0.717, 1.165) is 36.1 Å². The molecule has 6 nitrogen and oxygen atoms in total. The zero-order chi connectivity index (χ0) is 25.5. The lowest BCUT2D eigenvalue weighted by Crippen LogP contribution is -2.13. The lowest BCUT2D eigenvalue weighted by Gasteiger charge is -2.22. The smallest absolute Gasteiger partial charge is 0.217 e. The Hall–Kier alpha value is -4.19. The van der Waals surface area contributed by atoms with Crippen LogP contribution in [-0.4, -0.2) is 17.6 Å². The van der Waals surface area contributed by atoms with Crippen molar-refractivity contribution in [3.8, 4) is 16.9 Å². The van der Waals surface area contributed by atoms with Crippen LogP contribution in [0.2, 0.25) is 0 Å². The number of aryl methyl sites for hydroxylation is 2. The molecule has 1 aliphatic rings. The first-order chi connectivity index (χ1) is 17.4. The number of nitrogens with one attached hydrogen (secondary N) is 1. The second-order valence-corrected chi connectivity index (χ2v) is 9.18. The van der Waals surface area contributed by atoms with Gasteiger partial charge in [0.25, 0.3) is 0 Å². The fraction of sp³-hybridized carbons (Fsp3) is 0.233. The van der Waals surface area contributed by atoms with Crippen molar-refractivity contribution in [2.24, 2.45) is 5.73 Å². The van der Waals surface area contributed by atoms with Crippen molar-refractivity contribution in [2.45, 2.75) is 39.0 Å². The van der Waals surface area contributed by atoms with E-state index in [4.69, 9.17) is 15.9 Å². The number of furan rings is 1. The van der Waals surface area contributed by atoms with E-state index in [1.807, 2.05) is 19.3 Å². The minimum absolute atomic E-state index is 0.142. The van der Waals surface area contributed by atoms with Crippen molar-refractivity contribution in [1.82, 2.24) is 0 Å². The summed E-state index contributed by atoms with van der Waals surface area (Å²) in [5.74, 6) is -0.209. The van der Waals surface area contributed by atoms with E-state index in [2.05, 4.69) is 47.8 Å². The number of phenols is 1. The third-order valence-corrected chi connectivity index (χ3v) is 6.40. The molecule has 0 spiro atoms. The van der Waals surface area contributed by atoms with Gasteiger partial charge in [-0.1, -0.05) is 36.4 Å². The number of phenolic OH excluding ortho intramolecular Hbond substituents is 1. The van der Waals surface area contributed by atoms with Crippen LogP contribution in [0, 0.1) is 6.92 Å². The Morgan fingerprint density at radius 3 is 2.58 bits per heavy atom. The summed E-state index contributed by atoms with van der Waals surface area (Å²) in [6.07, 6.45) is 7.69. The van der Waals surface area contributed by atoms with Crippen LogP contribution in [0.4, 0.5) is 11.4 Å². The molecule has 1 aromatic heterocycles. The lowest BCUT2D eigenvalue weighted by atomic mass is 9.91. The number of hydrogen-bond donors (Lipinski definition) is 4. The van der Waals surface area contributed by atoms with E-state index in [0.29, 0.717) is 12.1 Å². The van der Waals surface area contributed by atoms with Gasteiger partial charge in [-0.15, -0.1) is 0 Å². The number of amides is 1. The van der Waals surface area contributed by atoms with Crippen molar-refractivity contribution in [3.63, 3.8) is 0 Å². The number of rotatable bonds is 6. The number of fused-ring (bicyclic) bond motifs is 1. The van der Waals surface area contributed by atoms with Crippen LogP contribution in [0.5, 0.6) is 5.75 Å². The van der Waals surface area contributed by atoms with E-state index in [9.17, 15) is 9.90 Å². The summed E-state index contributed by atoms with van der Waals surface area (Å²) in [5, 5.41) is 12.8. The molecule has 0 unspecified atom stereocenters. The second-order valence-electron chi connectivity index (χ2n) is 9.18. The number of aromatic hydroxyl groups is 1. The maximum atomic E-state index is 10.6. The number of primary amides is 1. The fourth-order valence-electron chi connectivity index (χ4n) is 4.66. The van der Waals surface area contributed by atoms with Crippen LogP contribution in [-0.2, 0) is 24.1 Å². The highest BCUT2D eigenvalue weighted by molar-refractivity contribution is 5.81. The first-order valence-corrected chi connectivity index (χ1v) is 12.2. The number of carbonyl (C=O) groups is 1. The van der Waals surface area contributed by atoms with Gasteiger partial charge in [0.05, 0.1) is 12.5 Å². The molecule has 0 fully saturated rings. The molecule has 1 amide bonds. The van der Waals surface area contributed by atoms with Crippen molar-refractivity contribution in [3.05, 3.63) is 101 Å². The number of benzene rings is 3. The molecule has 3 aromatic carbocycles. The highest BCUT2D eigenvalue weighted by atomic mass is 16.3. The number of nitrogen functional groups attached to an aromatic ring is 1. The standard InChI is InChI=1S/C20H19NO.C10H14N2O2/c1-2-5-15(6-3-1)11-16-12-17-7-4-9-21-20(17)19(13-16)18-8-10-22-14-18;1-6-4-7(13)5-9(11)8(6)2-3-10(12)14/h1-3,5-6,8,10,12-14,21H,4,7,9,11H2;4-5,13H,2-3,11H2,1H3,(H2,12,14). The van der Waals surface area contributed by atoms with E-state index >= 15 is 0 Å². The predicted octanol–water partition coefficient (Wildman–Crippen LogP) is 5.60. The Labute approximate surface area is 212 Å². The minimum Gasteiger partial charge on any atom is -0.508 e. The van der Waals surface area contributed by atoms with Crippen LogP contribution in [0.1, 0.15) is 40.7 Å². The maximum Gasteiger partial charge on any atom is 0.217 e. The molecule has 0 aliphatic carbocycles. The molecule has 36 heavy (non-hydrogen) atoms. The van der Waals surface area contributed by atoms with Crippen molar-refractivity contribution < 1.29 is 14.3 Å². The molecule has 5 rings (SSSR count). The van der Waals surface area contributed by atoms with E-state index in [1.165, 1.54) is 40.4 Å². The number of nitrogens with two attached hydrogens (primary N) is 2. The van der Waals surface area contributed by atoms with Crippen LogP contribution in [0.15, 0.2) is 77.6 Å². The maximum absolute atomic E-state index is 10.6. The van der Waals surface area contributed by atoms with Crippen molar-refractivity contribution in [2.75, 3.05) is 17.6 Å². The van der Waals surface area contributed by atoms with Gasteiger partial charge in [0.2, 0.25) is 5.91 Å². The summed E-state index contributed by atoms with van der Waals surface area (Å²) in [6.45, 7) is 2.89. The van der Waals surface area contributed by atoms with E-state index in [1.54, 1.807) is 12.3 Å². The molecule has 2 heterocycles.